The van der Waals surface area contributed by atoms with Crippen LogP contribution in [-0.2, 0) is 18.4 Å². The molecular formula is C15H25O4P. The van der Waals surface area contributed by atoms with E-state index in [0.29, 0.717) is 0 Å². The van der Waals surface area contributed by atoms with E-state index in [0.717, 1.165) is 64.2 Å². The van der Waals surface area contributed by atoms with Crippen LogP contribution in [0.5, 0.6) is 0 Å². The molecule has 0 spiro atoms. The average molecular weight is 300 g/mol. The van der Waals surface area contributed by atoms with Crippen LogP contribution in [0, 0.1) is 5.92 Å². The molecule has 0 amide bonds. The first kappa shape index (κ1) is 14.7. The lowest BCUT2D eigenvalue weighted by Crippen LogP contribution is -2.30. The zero-order chi connectivity index (χ0) is 14.0. The molecule has 114 valence electrons. The lowest BCUT2D eigenvalue weighted by molar-refractivity contribution is -0.119. The maximum Gasteiger partial charge on any atom is 0.397 e. The highest BCUT2D eigenvalue weighted by Gasteiger charge is 2.45. The Bertz CT molecular complexity index is 375. The van der Waals surface area contributed by atoms with Crippen molar-refractivity contribution in [3.8, 4) is 0 Å². The predicted octanol–water partition coefficient (Wildman–Crippen LogP) is 4.42. The molecule has 3 aliphatic rings. The van der Waals surface area contributed by atoms with E-state index >= 15 is 0 Å². The SMILES string of the molecule is O=C(C1CCCCC1)P(=O)(OC1CCC1)OC1CCC1. The quantitative estimate of drug-likeness (QED) is 0.681. The Morgan fingerprint density at radius 1 is 0.750 bits per heavy atom. The minimum Gasteiger partial charge on any atom is -0.300 e. The molecule has 0 unspecified atom stereocenters. The largest absolute Gasteiger partial charge is 0.397 e. The van der Waals surface area contributed by atoms with Gasteiger partial charge in [0, 0.05) is 5.92 Å². The lowest BCUT2D eigenvalue weighted by atomic mass is 9.90. The van der Waals surface area contributed by atoms with Crippen LogP contribution in [0.25, 0.3) is 0 Å². The summed E-state index contributed by atoms with van der Waals surface area (Å²) in [4.78, 5) is 12.7. The van der Waals surface area contributed by atoms with Crippen LogP contribution in [0.1, 0.15) is 70.6 Å². The van der Waals surface area contributed by atoms with Gasteiger partial charge in [-0.15, -0.1) is 0 Å². The fraction of sp³-hybridized carbons (Fsp3) is 0.933. The van der Waals surface area contributed by atoms with Crippen molar-refractivity contribution in [2.45, 2.75) is 82.8 Å². The van der Waals surface area contributed by atoms with Crippen molar-refractivity contribution in [1.29, 1.82) is 0 Å². The summed E-state index contributed by atoms with van der Waals surface area (Å²) >= 11 is 0. The second-order valence-corrected chi connectivity index (χ2v) is 8.34. The summed E-state index contributed by atoms with van der Waals surface area (Å²) in [6.07, 6.45) is 10.8. The second kappa shape index (κ2) is 6.29. The van der Waals surface area contributed by atoms with Crippen molar-refractivity contribution >= 4 is 13.1 Å². The van der Waals surface area contributed by atoms with Crippen LogP contribution in [0.15, 0.2) is 0 Å². The van der Waals surface area contributed by atoms with E-state index in [1.165, 1.54) is 6.42 Å². The fourth-order valence-electron chi connectivity index (χ4n) is 3.05. The minimum atomic E-state index is -3.56. The highest BCUT2D eigenvalue weighted by atomic mass is 31.2. The molecule has 4 nitrogen and oxygen atoms in total. The van der Waals surface area contributed by atoms with Gasteiger partial charge in [0.2, 0.25) is 5.52 Å². The van der Waals surface area contributed by atoms with E-state index < -0.39 is 7.60 Å². The van der Waals surface area contributed by atoms with Gasteiger partial charge < -0.3 is 0 Å². The first-order valence-electron chi connectivity index (χ1n) is 8.19. The van der Waals surface area contributed by atoms with Gasteiger partial charge in [0.25, 0.3) is 0 Å². The molecule has 3 aliphatic carbocycles. The van der Waals surface area contributed by atoms with Gasteiger partial charge >= 0.3 is 7.60 Å². The molecule has 20 heavy (non-hydrogen) atoms. The summed E-state index contributed by atoms with van der Waals surface area (Å²) < 4.78 is 24.4. The summed E-state index contributed by atoms with van der Waals surface area (Å²) in [6.45, 7) is 0. The lowest BCUT2D eigenvalue weighted by Gasteiger charge is -2.35. The van der Waals surface area contributed by atoms with Crippen LogP contribution in [0.3, 0.4) is 0 Å². The molecular weight excluding hydrogens is 275 g/mol. The predicted molar refractivity (Wildman–Crippen MR) is 76.6 cm³/mol. The van der Waals surface area contributed by atoms with Gasteiger partial charge in [0.15, 0.2) is 0 Å². The summed E-state index contributed by atoms with van der Waals surface area (Å²) in [5.41, 5.74) is -0.226. The molecule has 3 saturated carbocycles. The number of hydrogen-bond acceptors (Lipinski definition) is 4. The molecule has 0 N–H and O–H groups in total. The molecule has 5 heteroatoms. The van der Waals surface area contributed by atoms with Crippen molar-refractivity contribution in [3.63, 3.8) is 0 Å². The van der Waals surface area contributed by atoms with Gasteiger partial charge in [-0.25, -0.2) is 0 Å². The van der Waals surface area contributed by atoms with Gasteiger partial charge in [0.05, 0.1) is 12.2 Å². The van der Waals surface area contributed by atoms with E-state index in [1.807, 2.05) is 0 Å². The van der Waals surface area contributed by atoms with Gasteiger partial charge in [0.1, 0.15) is 0 Å². The van der Waals surface area contributed by atoms with Crippen molar-refractivity contribution in [2.24, 2.45) is 5.92 Å². The average Bonchev–Trinajstić information content (AvgIpc) is 2.39. The van der Waals surface area contributed by atoms with Gasteiger partial charge in [-0.1, -0.05) is 19.3 Å². The topological polar surface area (TPSA) is 52.6 Å². The standard InChI is InChI=1S/C15H25O4P/c16-15(12-6-2-1-3-7-12)20(17,18-13-8-4-9-13)19-14-10-5-11-14/h12-14H,1-11H2. The highest BCUT2D eigenvalue weighted by molar-refractivity contribution is 7.71. The first-order valence-corrected chi connectivity index (χ1v) is 9.73. The summed E-state index contributed by atoms with van der Waals surface area (Å²) in [5.74, 6) is -0.102. The molecule has 3 rings (SSSR count). The third-order valence-electron chi connectivity index (χ3n) is 4.90. The Labute approximate surface area is 121 Å². The Balaban J connectivity index is 1.68. The first-order chi connectivity index (χ1) is 9.67. The molecule has 3 fully saturated rings. The summed E-state index contributed by atoms with van der Waals surface area (Å²) in [6, 6.07) is 0. The van der Waals surface area contributed by atoms with Crippen molar-refractivity contribution in [1.82, 2.24) is 0 Å². The zero-order valence-corrected chi connectivity index (χ0v) is 13.0. The molecule has 0 radical (unpaired) electrons. The van der Waals surface area contributed by atoms with Gasteiger partial charge in [-0.2, -0.15) is 0 Å². The third-order valence-corrected chi connectivity index (χ3v) is 6.96. The van der Waals surface area contributed by atoms with Gasteiger partial charge in [-0.05, 0) is 51.4 Å². The van der Waals surface area contributed by atoms with Crippen LogP contribution >= 0.6 is 7.60 Å². The fourth-order valence-corrected chi connectivity index (χ4v) is 5.22. The van der Waals surface area contributed by atoms with E-state index in [1.54, 1.807) is 0 Å². The Morgan fingerprint density at radius 2 is 1.25 bits per heavy atom. The molecule has 0 bridgehead atoms. The number of hydrogen-bond donors (Lipinski definition) is 0. The smallest absolute Gasteiger partial charge is 0.300 e. The Morgan fingerprint density at radius 3 is 1.65 bits per heavy atom. The minimum absolute atomic E-state index is 0.0200. The third kappa shape index (κ3) is 3.18. The number of rotatable bonds is 6. The van der Waals surface area contributed by atoms with Crippen LogP contribution in [-0.4, -0.2) is 17.7 Å². The maximum absolute atomic E-state index is 13.0. The van der Waals surface area contributed by atoms with E-state index in [2.05, 4.69) is 0 Å². The Kier molecular flexibility index (Phi) is 4.64. The highest BCUT2D eigenvalue weighted by Crippen LogP contribution is 2.58. The number of carbonyl (C=O) groups is 1. The van der Waals surface area contributed by atoms with E-state index in [4.69, 9.17) is 9.05 Å². The van der Waals surface area contributed by atoms with Crippen molar-refractivity contribution in [3.05, 3.63) is 0 Å². The molecule has 0 aromatic carbocycles. The van der Waals surface area contributed by atoms with Gasteiger partial charge in [-0.3, -0.25) is 18.4 Å². The molecule has 0 aliphatic heterocycles. The van der Waals surface area contributed by atoms with Crippen LogP contribution in [0.4, 0.5) is 0 Å². The van der Waals surface area contributed by atoms with Crippen LogP contribution < -0.4 is 0 Å². The molecule has 0 heterocycles. The van der Waals surface area contributed by atoms with Crippen molar-refractivity contribution in [2.75, 3.05) is 0 Å². The molecule has 0 saturated heterocycles. The molecule has 0 aromatic heterocycles. The number of carbonyl (C=O) groups excluding carboxylic acids is 1. The molecule has 0 atom stereocenters. The second-order valence-electron chi connectivity index (χ2n) is 6.49. The van der Waals surface area contributed by atoms with Crippen molar-refractivity contribution < 1.29 is 18.4 Å². The zero-order valence-electron chi connectivity index (χ0n) is 12.1. The summed E-state index contributed by atoms with van der Waals surface area (Å²) in [5, 5.41) is 0. The van der Waals surface area contributed by atoms with Crippen LogP contribution in [0.2, 0.25) is 0 Å². The van der Waals surface area contributed by atoms with E-state index in [-0.39, 0.29) is 23.7 Å². The summed E-state index contributed by atoms with van der Waals surface area (Å²) in [7, 11) is -3.56. The van der Waals surface area contributed by atoms with E-state index in [9.17, 15) is 9.36 Å². The molecule has 0 aromatic rings. The maximum atomic E-state index is 13.0. The Hall–Kier alpha value is -0.180. The monoisotopic (exact) mass is 300 g/mol. The normalized spacial score (nSPS) is 26.0.